The minimum Gasteiger partial charge on any atom is -0.394 e. The Morgan fingerprint density at radius 1 is 1.25 bits per heavy atom. The van der Waals surface area contributed by atoms with Crippen molar-refractivity contribution < 1.29 is 17.2 Å². The second-order valence-electron chi connectivity index (χ2n) is 4.06. The highest BCUT2D eigenvalue weighted by atomic mass is 32.2. The summed E-state index contributed by atoms with van der Waals surface area (Å²) in [5.41, 5.74) is 5.12. The van der Waals surface area contributed by atoms with Gasteiger partial charge >= 0.3 is 0 Å². The number of nitrogens with one attached hydrogen (secondary N) is 1. The number of sulfonamides is 1. The first kappa shape index (κ1) is 14.2. The van der Waals surface area contributed by atoms with E-state index in [1.165, 1.54) is 18.3 Å². The number of pyridine rings is 1. The first-order valence-electron chi connectivity index (χ1n) is 5.50. The van der Waals surface area contributed by atoms with Crippen molar-refractivity contribution in [1.82, 2.24) is 4.98 Å². The average molecular weight is 299 g/mol. The third-order valence-corrected chi connectivity index (χ3v) is 3.93. The van der Waals surface area contributed by atoms with Gasteiger partial charge in [0.15, 0.2) is 5.82 Å². The molecule has 8 heteroatoms. The Balaban J connectivity index is 2.44. The molecule has 2 rings (SSSR count). The summed E-state index contributed by atoms with van der Waals surface area (Å²) in [4.78, 5) is 3.19. The lowest BCUT2D eigenvalue weighted by Gasteiger charge is -2.10. The van der Waals surface area contributed by atoms with Gasteiger partial charge in [-0.3, -0.25) is 9.71 Å². The van der Waals surface area contributed by atoms with Crippen LogP contribution in [0.3, 0.4) is 0 Å². The van der Waals surface area contributed by atoms with E-state index >= 15 is 0 Å². The SMILES string of the molecule is Cc1cc(NS(=O)(=O)c2ccc(F)c(N)c2F)ccn1. The van der Waals surface area contributed by atoms with Crippen molar-refractivity contribution in [3.8, 4) is 0 Å². The van der Waals surface area contributed by atoms with Gasteiger partial charge in [0.2, 0.25) is 0 Å². The van der Waals surface area contributed by atoms with Crippen LogP contribution in [0.4, 0.5) is 20.2 Å². The van der Waals surface area contributed by atoms with Crippen LogP contribution in [-0.4, -0.2) is 13.4 Å². The van der Waals surface area contributed by atoms with Crippen LogP contribution in [0.1, 0.15) is 5.69 Å². The molecule has 20 heavy (non-hydrogen) atoms. The summed E-state index contributed by atoms with van der Waals surface area (Å²) in [6, 6.07) is 4.50. The Kier molecular flexibility index (Phi) is 3.58. The van der Waals surface area contributed by atoms with Gasteiger partial charge in [0.1, 0.15) is 16.4 Å². The van der Waals surface area contributed by atoms with E-state index in [0.29, 0.717) is 5.69 Å². The number of nitrogens with zero attached hydrogens (tertiary/aromatic N) is 1. The van der Waals surface area contributed by atoms with Crippen LogP contribution >= 0.6 is 0 Å². The fourth-order valence-electron chi connectivity index (χ4n) is 1.58. The summed E-state index contributed by atoms with van der Waals surface area (Å²) in [5.74, 6) is -2.33. The van der Waals surface area contributed by atoms with Crippen LogP contribution < -0.4 is 10.5 Å². The monoisotopic (exact) mass is 299 g/mol. The van der Waals surface area contributed by atoms with Crippen LogP contribution in [0.2, 0.25) is 0 Å². The zero-order valence-corrected chi connectivity index (χ0v) is 11.2. The second-order valence-corrected chi connectivity index (χ2v) is 5.72. The van der Waals surface area contributed by atoms with Gasteiger partial charge in [-0.1, -0.05) is 0 Å². The molecule has 0 aliphatic rings. The number of aryl methyl sites for hydroxylation is 1. The molecule has 1 aromatic carbocycles. The number of halogens is 2. The highest BCUT2D eigenvalue weighted by Crippen LogP contribution is 2.24. The summed E-state index contributed by atoms with van der Waals surface area (Å²) >= 11 is 0. The molecule has 0 bridgehead atoms. The lowest BCUT2D eigenvalue weighted by atomic mass is 10.3. The van der Waals surface area contributed by atoms with Crippen LogP contribution in [0, 0.1) is 18.6 Å². The van der Waals surface area contributed by atoms with Gasteiger partial charge in [-0.25, -0.2) is 17.2 Å². The first-order valence-corrected chi connectivity index (χ1v) is 6.98. The van der Waals surface area contributed by atoms with Gasteiger partial charge in [-0.15, -0.1) is 0 Å². The van der Waals surface area contributed by atoms with Crippen molar-refractivity contribution >= 4 is 21.4 Å². The zero-order valence-electron chi connectivity index (χ0n) is 10.4. The molecule has 1 aromatic heterocycles. The molecule has 0 aliphatic heterocycles. The number of nitrogen functional groups attached to an aromatic ring is 1. The summed E-state index contributed by atoms with van der Waals surface area (Å²) < 4.78 is 53.1. The third-order valence-electron chi connectivity index (χ3n) is 2.53. The summed E-state index contributed by atoms with van der Waals surface area (Å²) in [6.45, 7) is 1.67. The number of benzene rings is 1. The molecule has 0 amide bonds. The molecule has 0 saturated carbocycles. The maximum atomic E-state index is 13.7. The molecular formula is C12H11F2N3O2S. The normalized spacial score (nSPS) is 11.3. The minimum absolute atomic E-state index is 0.222. The number of aromatic nitrogens is 1. The van der Waals surface area contributed by atoms with E-state index in [-0.39, 0.29) is 5.69 Å². The fraction of sp³-hybridized carbons (Fsp3) is 0.0833. The molecule has 0 radical (unpaired) electrons. The molecule has 0 saturated heterocycles. The van der Waals surface area contributed by atoms with Crippen LogP contribution in [0.5, 0.6) is 0 Å². The van der Waals surface area contributed by atoms with Gasteiger partial charge in [-0.05, 0) is 31.2 Å². The molecule has 5 nitrogen and oxygen atoms in total. The smallest absolute Gasteiger partial charge is 0.264 e. The molecule has 2 aromatic rings. The minimum atomic E-state index is -4.20. The Bertz CT molecular complexity index is 763. The number of rotatable bonds is 3. The van der Waals surface area contributed by atoms with Gasteiger partial charge in [0.05, 0.1) is 5.69 Å². The highest BCUT2D eigenvalue weighted by Gasteiger charge is 2.22. The number of anilines is 2. The quantitative estimate of drug-likeness (QED) is 0.849. The zero-order chi connectivity index (χ0) is 14.9. The third kappa shape index (κ3) is 2.69. The van der Waals surface area contributed by atoms with Crippen LogP contribution in [0.15, 0.2) is 35.4 Å². The fourth-order valence-corrected chi connectivity index (χ4v) is 2.72. The molecule has 3 N–H and O–H groups in total. The predicted octanol–water partition coefficient (Wildman–Crippen LogP) is 2.05. The van der Waals surface area contributed by atoms with E-state index in [1.807, 2.05) is 0 Å². The van der Waals surface area contributed by atoms with E-state index in [2.05, 4.69) is 9.71 Å². The Morgan fingerprint density at radius 2 is 1.95 bits per heavy atom. The Hall–Kier alpha value is -2.22. The van der Waals surface area contributed by atoms with Crippen LogP contribution in [-0.2, 0) is 10.0 Å². The maximum absolute atomic E-state index is 13.7. The largest absolute Gasteiger partial charge is 0.394 e. The van der Waals surface area contributed by atoms with E-state index in [1.54, 1.807) is 6.92 Å². The lowest BCUT2D eigenvalue weighted by Crippen LogP contribution is -2.16. The topological polar surface area (TPSA) is 85.1 Å². The van der Waals surface area contributed by atoms with E-state index in [9.17, 15) is 17.2 Å². The predicted molar refractivity (Wildman–Crippen MR) is 70.6 cm³/mol. The molecule has 0 fully saturated rings. The van der Waals surface area contributed by atoms with Gasteiger partial charge in [0.25, 0.3) is 10.0 Å². The number of hydrogen-bond acceptors (Lipinski definition) is 4. The number of nitrogens with two attached hydrogens (primary N) is 1. The summed E-state index contributed by atoms with van der Waals surface area (Å²) in [6.07, 6.45) is 1.41. The Morgan fingerprint density at radius 3 is 2.60 bits per heavy atom. The van der Waals surface area contributed by atoms with E-state index in [4.69, 9.17) is 5.73 Å². The van der Waals surface area contributed by atoms with E-state index < -0.39 is 32.2 Å². The standard InChI is InChI=1S/C12H11F2N3O2S/c1-7-6-8(4-5-16-7)17-20(18,19)10-3-2-9(13)12(15)11(10)14/h2-6H,15H2,1H3,(H,16,17). The molecule has 0 unspecified atom stereocenters. The van der Waals surface area contributed by atoms with Crippen molar-refractivity contribution in [2.24, 2.45) is 0 Å². The van der Waals surface area contributed by atoms with Gasteiger partial charge in [-0.2, -0.15) is 0 Å². The summed E-state index contributed by atoms with van der Waals surface area (Å²) in [5, 5.41) is 0. The first-order chi connectivity index (χ1) is 9.31. The van der Waals surface area contributed by atoms with Crippen molar-refractivity contribution in [1.29, 1.82) is 0 Å². The maximum Gasteiger partial charge on any atom is 0.264 e. The van der Waals surface area contributed by atoms with Gasteiger partial charge < -0.3 is 5.73 Å². The van der Waals surface area contributed by atoms with Crippen molar-refractivity contribution in [2.45, 2.75) is 11.8 Å². The van der Waals surface area contributed by atoms with E-state index in [0.717, 1.165) is 12.1 Å². The van der Waals surface area contributed by atoms with Crippen molar-refractivity contribution in [2.75, 3.05) is 10.5 Å². The highest BCUT2D eigenvalue weighted by molar-refractivity contribution is 7.92. The number of hydrogen-bond donors (Lipinski definition) is 2. The lowest BCUT2D eigenvalue weighted by molar-refractivity contribution is 0.557. The molecule has 0 atom stereocenters. The average Bonchev–Trinajstić information content (AvgIpc) is 2.35. The molecule has 0 spiro atoms. The molecule has 1 heterocycles. The molecule has 0 aliphatic carbocycles. The second kappa shape index (κ2) is 5.04. The van der Waals surface area contributed by atoms with Crippen LogP contribution in [0.25, 0.3) is 0 Å². The molecular weight excluding hydrogens is 288 g/mol. The van der Waals surface area contributed by atoms with Crippen molar-refractivity contribution in [3.63, 3.8) is 0 Å². The molecule has 106 valence electrons. The van der Waals surface area contributed by atoms with Crippen molar-refractivity contribution in [3.05, 3.63) is 47.8 Å². The Labute approximate surface area is 114 Å². The summed E-state index contributed by atoms with van der Waals surface area (Å²) in [7, 11) is -4.20. The van der Waals surface area contributed by atoms with Gasteiger partial charge in [0, 0.05) is 11.9 Å².